The van der Waals surface area contributed by atoms with Crippen LogP contribution >= 0.6 is 0 Å². The summed E-state index contributed by atoms with van der Waals surface area (Å²) in [6.45, 7) is 0.958. The van der Waals surface area contributed by atoms with Gasteiger partial charge in [-0.15, -0.1) is 0 Å². The van der Waals surface area contributed by atoms with Gasteiger partial charge in [-0.05, 0) is 89.8 Å². The van der Waals surface area contributed by atoms with Crippen molar-refractivity contribution in [3.8, 4) is 0 Å². The first-order valence-corrected chi connectivity index (χ1v) is 28.5. The van der Waals surface area contributed by atoms with Crippen LogP contribution in [0.1, 0.15) is 76.8 Å². The number of aliphatic hydroxyl groups is 2. The minimum Gasteiger partial charge on any atom is -0.480 e. The molecule has 0 saturated heterocycles. The summed E-state index contributed by atoms with van der Waals surface area (Å²) in [6.07, 6.45) is -0.857. The lowest BCUT2D eigenvalue weighted by Crippen LogP contribution is -2.60. The van der Waals surface area contributed by atoms with Crippen molar-refractivity contribution in [1.82, 2.24) is 58.5 Å². The van der Waals surface area contributed by atoms with Crippen LogP contribution in [-0.2, 0) is 70.4 Å². The number of carbonyl (C=O) groups is 12. The number of benzene rings is 2. The van der Waals surface area contributed by atoms with Crippen LogP contribution in [0.15, 0.2) is 70.6 Å². The Balaban J connectivity index is 2.13. The molecular formula is C55H87N19O15. The molecule has 0 spiro atoms. The number of carboxylic acids is 1. The van der Waals surface area contributed by atoms with E-state index in [2.05, 4.69) is 68.5 Å². The van der Waals surface area contributed by atoms with E-state index in [1.807, 2.05) is 6.07 Å². The van der Waals surface area contributed by atoms with Gasteiger partial charge in [-0.1, -0.05) is 60.7 Å². The minimum absolute atomic E-state index is 0.0133. The van der Waals surface area contributed by atoms with Crippen molar-refractivity contribution in [3.63, 3.8) is 0 Å². The van der Waals surface area contributed by atoms with Gasteiger partial charge in [-0.3, -0.25) is 62.7 Å². The smallest absolute Gasteiger partial charge is 0.326 e. The number of aliphatic hydroxyl groups excluding tert-OH is 2. The van der Waals surface area contributed by atoms with E-state index in [1.54, 1.807) is 54.6 Å². The maximum atomic E-state index is 14.0. The molecule has 89 heavy (non-hydrogen) atoms. The number of aliphatic carboxylic acids is 1. The second-order valence-corrected chi connectivity index (χ2v) is 20.5. The summed E-state index contributed by atoms with van der Waals surface area (Å²) in [5.74, 6) is -11.8. The summed E-state index contributed by atoms with van der Waals surface area (Å²) in [5, 5.41) is 56.6. The van der Waals surface area contributed by atoms with Crippen LogP contribution in [0.3, 0.4) is 0 Å². The standard InChI is InChI=1S/C55H87N19O15/c1-30(67-42(78)28-66-52(87)44(32(3)76)74-50(85)39(25-34-16-8-5-9-17-34)69-43(79)27-64-41(77)26-65-47(82)35(57)24-33-14-6-4-7-15-33)45(80)70-37(19-12-22-62-54(58)59)48(83)71-36(18-10-11-21-56)49(84)73-40(29-75)51(86)68-31(2)46(81)72-38(53(88)89)20-13-23-63-55(60)61/h4-9,14-17,30-32,35-40,44,75-76H,10-13,18-29,56-57H2,1-3H3,(H,64,77)(H,65,82)(H,66,87)(H,67,78)(H,68,86)(H,69,79)(H,70,80)(H,71,83)(H,72,81)(H,73,84)(H,74,85)(H,88,89)(H4,58,59,62)(H4,60,61,63)/t30-,31-,32+,35-,36-,37-,38-,39-,40-,44-/m0/s1. The van der Waals surface area contributed by atoms with Crippen molar-refractivity contribution in [3.05, 3.63) is 71.8 Å². The van der Waals surface area contributed by atoms with Crippen LogP contribution in [0.4, 0.5) is 0 Å². The Morgan fingerprint density at radius 3 is 1.40 bits per heavy atom. The molecule has 0 radical (unpaired) electrons. The molecule has 0 saturated carbocycles. The number of nitrogens with two attached hydrogens (primary N) is 6. The lowest BCUT2D eigenvalue weighted by Gasteiger charge is -2.26. The Labute approximate surface area is 513 Å². The average Bonchev–Trinajstić information content (AvgIpc) is 3.70. The molecule has 2 aromatic carbocycles. The van der Waals surface area contributed by atoms with Gasteiger partial charge in [0.2, 0.25) is 65.0 Å². The molecule has 0 aromatic heterocycles. The third kappa shape index (κ3) is 30.6. The first-order valence-electron chi connectivity index (χ1n) is 28.5. The highest BCUT2D eigenvalue weighted by molar-refractivity contribution is 5.98. The van der Waals surface area contributed by atoms with E-state index in [1.165, 1.54) is 20.8 Å². The van der Waals surface area contributed by atoms with Crippen LogP contribution in [0.5, 0.6) is 0 Å². The minimum atomic E-state index is -1.71. The van der Waals surface area contributed by atoms with Crippen molar-refractivity contribution in [1.29, 1.82) is 0 Å². The summed E-state index contributed by atoms with van der Waals surface area (Å²) in [7, 11) is 0. The third-order valence-electron chi connectivity index (χ3n) is 13.0. The van der Waals surface area contributed by atoms with E-state index in [0.29, 0.717) is 12.0 Å². The predicted octanol–water partition coefficient (Wildman–Crippen LogP) is -8.24. The largest absolute Gasteiger partial charge is 0.480 e. The lowest BCUT2D eigenvalue weighted by molar-refractivity contribution is -0.142. The molecule has 492 valence electrons. The summed E-state index contributed by atoms with van der Waals surface area (Å²) in [5.41, 5.74) is 34.5. The molecule has 2 aromatic rings. The Hall–Kier alpha value is -9.54. The molecule has 10 atom stereocenters. The number of unbranched alkanes of at least 4 members (excludes halogenated alkanes) is 1. The van der Waals surface area contributed by atoms with Gasteiger partial charge >= 0.3 is 5.97 Å². The van der Waals surface area contributed by atoms with E-state index in [9.17, 15) is 72.9 Å². The molecule has 0 fully saturated rings. The highest BCUT2D eigenvalue weighted by Crippen LogP contribution is 2.09. The second kappa shape index (κ2) is 40.8. The summed E-state index contributed by atoms with van der Waals surface area (Å²) < 4.78 is 0. The normalized spacial score (nSPS) is 14.1. The van der Waals surface area contributed by atoms with Gasteiger partial charge < -0.3 is 108 Å². The van der Waals surface area contributed by atoms with Gasteiger partial charge in [0.25, 0.3) is 0 Å². The second-order valence-electron chi connectivity index (χ2n) is 20.5. The highest BCUT2D eigenvalue weighted by Gasteiger charge is 2.34. The lowest BCUT2D eigenvalue weighted by atomic mass is 10.0. The van der Waals surface area contributed by atoms with Crippen molar-refractivity contribution in [2.75, 3.05) is 45.9 Å². The number of hydrogen-bond donors (Lipinski definition) is 20. The molecule has 0 unspecified atom stereocenters. The fourth-order valence-electron chi connectivity index (χ4n) is 8.11. The maximum absolute atomic E-state index is 14.0. The molecule has 0 aliphatic heterocycles. The van der Waals surface area contributed by atoms with Gasteiger partial charge in [0, 0.05) is 19.5 Å². The molecule has 0 aliphatic rings. The monoisotopic (exact) mass is 1250 g/mol. The van der Waals surface area contributed by atoms with E-state index < -0.39 is 158 Å². The first-order chi connectivity index (χ1) is 42.1. The van der Waals surface area contributed by atoms with Crippen LogP contribution in [0, 0.1) is 0 Å². The zero-order valence-electron chi connectivity index (χ0n) is 50.0. The summed E-state index contributed by atoms with van der Waals surface area (Å²) >= 11 is 0. The summed E-state index contributed by atoms with van der Waals surface area (Å²) in [4.78, 5) is 166. The van der Waals surface area contributed by atoms with E-state index in [0.717, 1.165) is 5.56 Å². The third-order valence-corrected chi connectivity index (χ3v) is 13.0. The van der Waals surface area contributed by atoms with E-state index in [-0.39, 0.29) is 82.9 Å². The Bertz CT molecular complexity index is 2730. The number of amides is 11. The number of guanidine groups is 2. The number of aliphatic imine (C=N–C) groups is 2. The topological polar surface area (TPSA) is 579 Å². The zero-order valence-corrected chi connectivity index (χ0v) is 50.0. The fraction of sp³-hybridized carbons (Fsp3) is 0.527. The predicted molar refractivity (Wildman–Crippen MR) is 323 cm³/mol. The van der Waals surface area contributed by atoms with Gasteiger partial charge in [-0.25, -0.2) is 4.79 Å². The molecular weight excluding hydrogens is 1170 g/mol. The molecule has 34 heteroatoms. The van der Waals surface area contributed by atoms with Crippen molar-refractivity contribution in [2.24, 2.45) is 44.4 Å². The van der Waals surface area contributed by atoms with E-state index in [4.69, 9.17) is 34.4 Å². The number of hydrogen-bond acceptors (Lipinski definition) is 18. The molecule has 34 nitrogen and oxygen atoms in total. The zero-order chi connectivity index (χ0) is 66.6. The number of nitrogens with one attached hydrogen (secondary N) is 11. The fourth-order valence-corrected chi connectivity index (χ4v) is 8.11. The number of carboxylic acid groups (broad SMARTS) is 1. The molecule has 11 amide bonds. The highest BCUT2D eigenvalue weighted by atomic mass is 16.4. The van der Waals surface area contributed by atoms with Crippen LogP contribution in [0.25, 0.3) is 0 Å². The van der Waals surface area contributed by atoms with Crippen molar-refractivity contribution >= 4 is 82.9 Å². The Morgan fingerprint density at radius 2 is 0.888 bits per heavy atom. The maximum Gasteiger partial charge on any atom is 0.326 e. The Kier molecular flexibility index (Phi) is 34.6. The van der Waals surface area contributed by atoms with Gasteiger partial charge in [-0.2, -0.15) is 0 Å². The average molecular weight is 1250 g/mol. The van der Waals surface area contributed by atoms with Crippen LogP contribution < -0.4 is 92.9 Å². The molecule has 26 N–H and O–H groups in total. The van der Waals surface area contributed by atoms with Crippen molar-refractivity contribution in [2.45, 2.75) is 139 Å². The van der Waals surface area contributed by atoms with Gasteiger partial charge in [0.1, 0.15) is 48.3 Å². The number of carbonyl (C=O) groups excluding carboxylic acids is 11. The van der Waals surface area contributed by atoms with Gasteiger partial charge in [0.15, 0.2) is 11.9 Å². The quantitative estimate of drug-likeness (QED) is 0.0167. The number of rotatable bonds is 41. The van der Waals surface area contributed by atoms with Crippen LogP contribution in [-0.4, -0.2) is 205 Å². The molecule has 0 aliphatic carbocycles. The molecule has 2 rings (SSSR count). The number of nitrogens with zero attached hydrogens (tertiary/aromatic N) is 2. The summed E-state index contributed by atoms with van der Waals surface area (Å²) in [6, 6.07) is 4.60. The van der Waals surface area contributed by atoms with Crippen molar-refractivity contribution < 1.29 is 72.9 Å². The first kappa shape index (κ1) is 75.6. The van der Waals surface area contributed by atoms with Gasteiger partial charge in [0.05, 0.1) is 38.4 Å². The Morgan fingerprint density at radius 1 is 0.461 bits per heavy atom. The SMILES string of the molecule is C[C@H](NC(=O)CNC(=O)[C@@H](NC(=O)[C@H](Cc1ccccc1)NC(=O)CNC(=O)CNC(=O)[C@@H](N)Cc1ccccc1)[C@@H](C)O)C(=O)N[C@@H](CCCN=C(N)N)C(=O)N[C@@H](CCCCN)C(=O)N[C@@H](CO)C(=O)N[C@@H](C)C(=O)N[C@@H](CCCN=C(N)N)C(=O)O. The molecule has 0 heterocycles. The van der Waals surface area contributed by atoms with E-state index >= 15 is 0 Å². The molecule has 0 bridgehead atoms. The van der Waals surface area contributed by atoms with Crippen LogP contribution in [0.2, 0.25) is 0 Å².